The number of rotatable bonds is 8. The van der Waals surface area contributed by atoms with Gasteiger partial charge < -0.3 is 30.1 Å². The van der Waals surface area contributed by atoms with E-state index in [4.69, 9.17) is 9.72 Å². The van der Waals surface area contributed by atoms with E-state index < -0.39 is 0 Å². The molecular formula is C27H35N7O4. The first-order valence-corrected chi connectivity index (χ1v) is 13.4. The summed E-state index contributed by atoms with van der Waals surface area (Å²) < 4.78 is 5.56. The molecule has 11 nitrogen and oxygen atoms in total. The van der Waals surface area contributed by atoms with Crippen LogP contribution >= 0.6 is 0 Å². The second-order valence-corrected chi connectivity index (χ2v) is 10.0. The molecule has 3 heterocycles. The van der Waals surface area contributed by atoms with E-state index in [0.29, 0.717) is 67.2 Å². The van der Waals surface area contributed by atoms with Crippen molar-refractivity contribution in [2.75, 3.05) is 55.5 Å². The van der Waals surface area contributed by atoms with Crippen molar-refractivity contribution in [3.63, 3.8) is 0 Å². The van der Waals surface area contributed by atoms with Crippen molar-refractivity contribution in [3.05, 3.63) is 30.0 Å². The fraction of sp³-hybridized carbons (Fsp3) is 0.519. The molecule has 5 rings (SSSR count). The number of aromatic nitrogens is 2. The summed E-state index contributed by atoms with van der Waals surface area (Å²) in [5, 5.41) is 6.10. The summed E-state index contributed by atoms with van der Waals surface area (Å²) in [6.07, 6.45) is 8.15. The highest BCUT2D eigenvalue weighted by molar-refractivity contribution is 5.97. The van der Waals surface area contributed by atoms with Gasteiger partial charge in [0.2, 0.25) is 17.8 Å². The largest absolute Gasteiger partial charge is 0.495 e. The third-order valence-corrected chi connectivity index (χ3v) is 7.64. The average Bonchev–Trinajstić information content (AvgIpc) is 3.58. The Bertz CT molecular complexity index is 1210. The summed E-state index contributed by atoms with van der Waals surface area (Å²) in [4.78, 5) is 52.0. The Kier molecular flexibility index (Phi) is 7.62. The Hall–Kier alpha value is -3.89. The number of nitrogens with one attached hydrogen (secondary N) is 2. The van der Waals surface area contributed by atoms with E-state index in [9.17, 15) is 14.4 Å². The lowest BCUT2D eigenvalue weighted by molar-refractivity contribution is -0.127. The van der Waals surface area contributed by atoms with E-state index in [1.165, 1.54) is 12.8 Å². The highest BCUT2D eigenvalue weighted by Crippen LogP contribution is 2.37. The van der Waals surface area contributed by atoms with E-state index in [-0.39, 0.29) is 17.7 Å². The van der Waals surface area contributed by atoms with E-state index in [0.717, 1.165) is 31.6 Å². The number of nitrogens with zero attached hydrogens (tertiary/aromatic N) is 5. The molecule has 1 aromatic heterocycles. The second kappa shape index (κ2) is 11.2. The molecule has 0 unspecified atom stereocenters. The second-order valence-electron chi connectivity index (χ2n) is 10.0. The number of methoxy groups -OCH3 is 1. The average molecular weight is 522 g/mol. The van der Waals surface area contributed by atoms with E-state index in [1.807, 2.05) is 0 Å². The number of hydrogen-bond acceptors (Lipinski definition) is 8. The third kappa shape index (κ3) is 5.36. The predicted octanol–water partition coefficient (Wildman–Crippen LogP) is 2.70. The molecule has 2 aliphatic heterocycles. The molecule has 202 valence electrons. The van der Waals surface area contributed by atoms with Crippen LogP contribution in [0.4, 0.5) is 23.1 Å². The molecule has 0 bridgehead atoms. The molecule has 0 radical (unpaired) electrons. The Morgan fingerprint density at radius 2 is 1.92 bits per heavy atom. The van der Waals surface area contributed by atoms with Gasteiger partial charge in [0.15, 0.2) is 5.82 Å². The van der Waals surface area contributed by atoms with Crippen LogP contribution in [0.3, 0.4) is 0 Å². The molecule has 3 aliphatic rings. The van der Waals surface area contributed by atoms with Gasteiger partial charge in [-0.25, -0.2) is 4.98 Å². The molecule has 3 amide bonds. The molecule has 1 saturated carbocycles. The zero-order chi connectivity index (χ0) is 26.6. The SMILES string of the molecule is COc1cc(C(=O)NCCN2CCCC2=O)ccc1Nc1ncc2c(n1)N(C1CCCC1)CCC(=O)N2C. The summed E-state index contributed by atoms with van der Waals surface area (Å²) in [7, 11) is 3.31. The molecule has 1 saturated heterocycles. The lowest BCUT2D eigenvalue weighted by Gasteiger charge is -2.30. The van der Waals surface area contributed by atoms with Gasteiger partial charge in [-0.2, -0.15) is 4.98 Å². The monoisotopic (exact) mass is 521 g/mol. The van der Waals surface area contributed by atoms with Gasteiger partial charge in [0.1, 0.15) is 11.4 Å². The van der Waals surface area contributed by atoms with Crippen molar-refractivity contribution in [1.29, 1.82) is 0 Å². The van der Waals surface area contributed by atoms with E-state index in [2.05, 4.69) is 20.5 Å². The number of fused-ring (bicyclic) bond motifs is 1. The minimum atomic E-state index is -0.234. The summed E-state index contributed by atoms with van der Waals surface area (Å²) in [5.74, 6) is 1.59. The number of ether oxygens (including phenoxy) is 1. The van der Waals surface area contributed by atoms with Gasteiger partial charge >= 0.3 is 0 Å². The quantitative estimate of drug-likeness (QED) is 0.544. The number of hydrogen-bond donors (Lipinski definition) is 2. The maximum absolute atomic E-state index is 12.7. The highest BCUT2D eigenvalue weighted by atomic mass is 16.5. The maximum Gasteiger partial charge on any atom is 0.251 e. The first-order valence-electron chi connectivity index (χ1n) is 13.4. The third-order valence-electron chi connectivity index (χ3n) is 7.64. The minimum absolute atomic E-state index is 0.0543. The van der Waals surface area contributed by atoms with Gasteiger partial charge in [0.05, 0.1) is 19.0 Å². The molecule has 2 N–H and O–H groups in total. The summed E-state index contributed by atoms with van der Waals surface area (Å²) in [6, 6.07) is 5.50. The van der Waals surface area contributed by atoms with Crippen LogP contribution in [0.15, 0.2) is 24.4 Å². The zero-order valence-corrected chi connectivity index (χ0v) is 22.0. The van der Waals surface area contributed by atoms with Crippen LogP contribution in [0.5, 0.6) is 5.75 Å². The zero-order valence-electron chi connectivity index (χ0n) is 22.0. The van der Waals surface area contributed by atoms with Crippen LogP contribution in [0.2, 0.25) is 0 Å². The Morgan fingerprint density at radius 3 is 2.66 bits per heavy atom. The predicted molar refractivity (Wildman–Crippen MR) is 144 cm³/mol. The smallest absolute Gasteiger partial charge is 0.251 e. The lowest BCUT2D eigenvalue weighted by Crippen LogP contribution is -2.35. The number of benzene rings is 1. The van der Waals surface area contributed by atoms with Crippen LogP contribution in [0, 0.1) is 0 Å². The van der Waals surface area contributed by atoms with Crippen LogP contribution in [0.25, 0.3) is 0 Å². The van der Waals surface area contributed by atoms with Crippen LogP contribution < -0.4 is 25.2 Å². The molecule has 2 fully saturated rings. The molecule has 1 aliphatic carbocycles. The van der Waals surface area contributed by atoms with Gasteiger partial charge in [-0.05, 0) is 37.5 Å². The molecule has 0 atom stereocenters. The number of carbonyl (C=O) groups excluding carboxylic acids is 3. The standard InChI is InChI=1S/C27H35N7O4/c1-32-21-17-29-27(31-25(21)34(14-11-23(32)35)19-6-3-4-7-19)30-20-10-9-18(16-22(20)38-2)26(37)28-12-15-33-13-5-8-24(33)36/h9-10,16-17,19H,3-8,11-15H2,1-2H3,(H,28,37)(H,29,30,31). The van der Waals surface area contributed by atoms with Crippen molar-refractivity contribution in [2.24, 2.45) is 0 Å². The summed E-state index contributed by atoms with van der Waals surface area (Å²) in [6.45, 7) is 2.29. The highest BCUT2D eigenvalue weighted by Gasteiger charge is 2.31. The van der Waals surface area contributed by atoms with Gasteiger partial charge in [-0.3, -0.25) is 14.4 Å². The maximum atomic E-state index is 12.7. The van der Waals surface area contributed by atoms with Crippen LogP contribution in [0.1, 0.15) is 55.3 Å². The van der Waals surface area contributed by atoms with E-state index >= 15 is 0 Å². The molecule has 0 spiro atoms. The van der Waals surface area contributed by atoms with Gasteiger partial charge in [0.25, 0.3) is 5.91 Å². The summed E-state index contributed by atoms with van der Waals surface area (Å²) >= 11 is 0. The number of likely N-dealkylation sites (tertiary alicyclic amines) is 1. The van der Waals surface area contributed by atoms with Crippen molar-refractivity contribution < 1.29 is 19.1 Å². The van der Waals surface area contributed by atoms with Crippen molar-refractivity contribution in [3.8, 4) is 5.75 Å². The van der Waals surface area contributed by atoms with Crippen LogP contribution in [-0.2, 0) is 9.59 Å². The van der Waals surface area contributed by atoms with Crippen molar-refractivity contribution in [2.45, 2.75) is 51.0 Å². The van der Waals surface area contributed by atoms with Gasteiger partial charge in [0, 0.05) is 57.7 Å². The first kappa shape index (κ1) is 25.7. The molecule has 38 heavy (non-hydrogen) atoms. The number of amides is 3. The fourth-order valence-corrected chi connectivity index (χ4v) is 5.47. The number of carbonyl (C=O) groups is 3. The van der Waals surface area contributed by atoms with Crippen molar-refractivity contribution in [1.82, 2.24) is 20.2 Å². The molecule has 2 aromatic rings. The molecule has 1 aromatic carbocycles. The molecular weight excluding hydrogens is 486 g/mol. The Morgan fingerprint density at radius 1 is 1.11 bits per heavy atom. The number of anilines is 4. The first-order chi connectivity index (χ1) is 18.4. The van der Waals surface area contributed by atoms with Gasteiger partial charge in [-0.1, -0.05) is 12.8 Å². The van der Waals surface area contributed by atoms with Gasteiger partial charge in [-0.15, -0.1) is 0 Å². The Labute approximate surface area is 222 Å². The molecule has 11 heteroatoms. The lowest BCUT2D eigenvalue weighted by atomic mass is 10.1. The van der Waals surface area contributed by atoms with E-state index in [1.54, 1.807) is 48.4 Å². The van der Waals surface area contributed by atoms with Crippen molar-refractivity contribution >= 4 is 40.9 Å². The normalized spacial score (nSPS) is 18.0. The topological polar surface area (TPSA) is 120 Å². The Balaban J connectivity index is 1.31. The summed E-state index contributed by atoms with van der Waals surface area (Å²) in [5.41, 5.74) is 1.78. The fourth-order valence-electron chi connectivity index (χ4n) is 5.47. The van der Waals surface area contributed by atoms with Crippen LogP contribution in [-0.4, -0.2) is 79.0 Å². The minimum Gasteiger partial charge on any atom is -0.495 e.